The van der Waals surface area contributed by atoms with Gasteiger partial charge in [0.1, 0.15) is 0 Å². The van der Waals surface area contributed by atoms with E-state index in [-0.39, 0.29) is 35.5 Å². The Balaban J connectivity index is 1.74. The van der Waals surface area contributed by atoms with Crippen molar-refractivity contribution in [2.45, 2.75) is 6.42 Å². The summed E-state index contributed by atoms with van der Waals surface area (Å²) in [6.07, 6.45) is 5.16. The molecule has 4 atom stereocenters. The molecule has 4 unspecified atom stereocenters. The van der Waals surface area contributed by atoms with Crippen LogP contribution in [-0.4, -0.2) is 11.8 Å². The fourth-order valence-electron chi connectivity index (χ4n) is 3.75. The van der Waals surface area contributed by atoms with E-state index < -0.39 is 0 Å². The second-order valence-electron chi connectivity index (χ2n) is 5.49. The fourth-order valence-corrected chi connectivity index (χ4v) is 3.87. The lowest BCUT2D eigenvalue weighted by Crippen LogP contribution is -2.32. The number of halogens is 1. The van der Waals surface area contributed by atoms with E-state index in [1.807, 2.05) is 0 Å². The molecule has 2 bridgehead atoms. The second kappa shape index (κ2) is 3.70. The molecule has 1 aromatic carbocycles. The predicted octanol–water partition coefficient (Wildman–Crippen LogP) is 2.65. The average molecular weight is 274 g/mol. The number of nitrogens with zero attached hydrogens (tertiary/aromatic N) is 1. The van der Waals surface area contributed by atoms with Gasteiger partial charge in [0.05, 0.1) is 17.5 Å². The highest BCUT2D eigenvalue weighted by Crippen LogP contribution is 2.53. The maximum atomic E-state index is 12.5. The SMILES string of the molecule is O=C1C2C3C=CC(C3)C2C(=O)N1c1ccc(Cl)cc1. The first-order chi connectivity index (χ1) is 9.16. The van der Waals surface area contributed by atoms with E-state index in [1.165, 1.54) is 4.90 Å². The molecule has 3 aliphatic rings. The van der Waals surface area contributed by atoms with Gasteiger partial charge < -0.3 is 0 Å². The molecule has 2 fully saturated rings. The first kappa shape index (κ1) is 11.2. The number of carbonyl (C=O) groups is 2. The van der Waals surface area contributed by atoms with Crippen LogP contribution >= 0.6 is 11.6 Å². The average Bonchev–Trinajstić information content (AvgIpc) is 3.06. The Morgan fingerprint density at radius 1 is 0.947 bits per heavy atom. The molecule has 4 heteroatoms. The van der Waals surface area contributed by atoms with Crippen molar-refractivity contribution in [2.24, 2.45) is 23.7 Å². The number of fused-ring (bicyclic) bond motifs is 5. The van der Waals surface area contributed by atoms with Crippen LogP contribution in [0, 0.1) is 23.7 Å². The molecule has 2 aliphatic carbocycles. The molecule has 19 heavy (non-hydrogen) atoms. The van der Waals surface area contributed by atoms with E-state index in [1.54, 1.807) is 24.3 Å². The number of benzene rings is 1. The third kappa shape index (κ3) is 1.39. The van der Waals surface area contributed by atoms with Crippen molar-refractivity contribution in [3.63, 3.8) is 0 Å². The van der Waals surface area contributed by atoms with Gasteiger partial charge in [0.25, 0.3) is 0 Å². The molecule has 96 valence electrons. The first-order valence-corrected chi connectivity index (χ1v) is 6.86. The molecule has 3 nitrogen and oxygen atoms in total. The van der Waals surface area contributed by atoms with Gasteiger partial charge in [-0.3, -0.25) is 14.5 Å². The maximum absolute atomic E-state index is 12.5. The first-order valence-electron chi connectivity index (χ1n) is 6.48. The molecule has 4 rings (SSSR count). The van der Waals surface area contributed by atoms with Gasteiger partial charge in [0.2, 0.25) is 11.8 Å². The summed E-state index contributed by atoms with van der Waals surface area (Å²) in [5, 5.41) is 0.602. The zero-order chi connectivity index (χ0) is 13.1. The number of imide groups is 1. The topological polar surface area (TPSA) is 37.4 Å². The van der Waals surface area contributed by atoms with Crippen LogP contribution in [0.5, 0.6) is 0 Å². The van der Waals surface area contributed by atoms with Crippen molar-refractivity contribution in [1.82, 2.24) is 0 Å². The molecule has 1 saturated carbocycles. The van der Waals surface area contributed by atoms with Crippen LogP contribution in [0.25, 0.3) is 0 Å². The van der Waals surface area contributed by atoms with Gasteiger partial charge in [-0.25, -0.2) is 0 Å². The number of amides is 2. The van der Waals surface area contributed by atoms with Crippen LogP contribution in [0.1, 0.15) is 6.42 Å². The summed E-state index contributed by atoms with van der Waals surface area (Å²) in [5.41, 5.74) is 0.633. The molecule has 0 spiro atoms. The van der Waals surface area contributed by atoms with Gasteiger partial charge in [-0.05, 0) is 42.5 Å². The van der Waals surface area contributed by atoms with E-state index in [4.69, 9.17) is 11.6 Å². The molecule has 0 aromatic heterocycles. The minimum absolute atomic E-state index is 0.0471. The molecule has 1 aliphatic heterocycles. The minimum Gasteiger partial charge on any atom is -0.274 e. The molecule has 0 N–H and O–H groups in total. The van der Waals surface area contributed by atoms with Crippen LogP contribution < -0.4 is 4.90 Å². The van der Waals surface area contributed by atoms with E-state index in [0.29, 0.717) is 10.7 Å². The van der Waals surface area contributed by atoms with E-state index in [0.717, 1.165) is 6.42 Å². The molecule has 1 saturated heterocycles. The van der Waals surface area contributed by atoms with Gasteiger partial charge in [0.15, 0.2) is 0 Å². The third-order valence-electron chi connectivity index (χ3n) is 4.56. The summed E-state index contributed by atoms with van der Waals surface area (Å²) in [7, 11) is 0. The smallest absolute Gasteiger partial charge is 0.238 e. The van der Waals surface area contributed by atoms with Crippen LogP contribution in [-0.2, 0) is 9.59 Å². The van der Waals surface area contributed by atoms with Crippen LogP contribution in [0.2, 0.25) is 5.02 Å². The molecular formula is C15H12ClNO2. The monoisotopic (exact) mass is 273 g/mol. The predicted molar refractivity (Wildman–Crippen MR) is 71.7 cm³/mol. The Morgan fingerprint density at radius 2 is 1.47 bits per heavy atom. The Labute approximate surface area is 115 Å². The standard InChI is InChI=1S/C15H12ClNO2/c16-10-3-5-11(6-4-10)17-14(18)12-8-1-2-9(7-8)13(12)15(17)19/h1-6,8-9,12-13H,7H2. The van der Waals surface area contributed by atoms with Crippen molar-refractivity contribution in [3.8, 4) is 0 Å². The molecule has 1 aromatic rings. The quantitative estimate of drug-likeness (QED) is 0.583. The zero-order valence-electron chi connectivity index (χ0n) is 10.1. The highest BCUT2D eigenvalue weighted by atomic mass is 35.5. The Hall–Kier alpha value is -1.61. The number of allylic oxidation sites excluding steroid dienone is 2. The molecular weight excluding hydrogens is 262 g/mol. The van der Waals surface area contributed by atoms with Crippen LogP contribution in [0.4, 0.5) is 5.69 Å². The van der Waals surface area contributed by atoms with E-state index >= 15 is 0 Å². The van der Waals surface area contributed by atoms with Crippen molar-refractivity contribution < 1.29 is 9.59 Å². The minimum atomic E-state index is -0.141. The van der Waals surface area contributed by atoms with Gasteiger partial charge in [0, 0.05) is 5.02 Å². The summed E-state index contributed by atoms with van der Waals surface area (Å²) < 4.78 is 0. The summed E-state index contributed by atoms with van der Waals surface area (Å²) in [4.78, 5) is 26.4. The van der Waals surface area contributed by atoms with Crippen LogP contribution in [0.15, 0.2) is 36.4 Å². The zero-order valence-corrected chi connectivity index (χ0v) is 10.9. The Bertz CT molecular complexity index is 577. The number of anilines is 1. The lowest BCUT2D eigenvalue weighted by Gasteiger charge is -2.17. The normalized spacial score (nSPS) is 35.3. The van der Waals surface area contributed by atoms with E-state index in [2.05, 4.69) is 12.2 Å². The van der Waals surface area contributed by atoms with E-state index in [9.17, 15) is 9.59 Å². The molecule has 2 amide bonds. The van der Waals surface area contributed by atoms with Gasteiger partial charge in [-0.1, -0.05) is 23.8 Å². The van der Waals surface area contributed by atoms with Crippen molar-refractivity contribution in [2.75, 3.05) is 4.90 Å². The highest BCUT2D eigenvalue weighted by molar-refractivity contribution is 6.30. The van der Waals surface area contributed by atoms with Gasteiger partial charge in [-0.15, -0.1) is 0 Å². The lowest BCUT2D eigenvalue weighted by molar-refractivity contribution is -0.123. The van der Waals surface area contributed by atoms with Crippen molar-refractivity contribution in [3.05, 3.63) is 41.4 Å². The fraction of sp³-hybridized carbons (Fsp3) is 0.333. The Kier molecular flexibility index (Phi) is 2.19. The maximum Gasteiger partial charge on any atom is 0.238 e. The summed E-state index contributed by atoms with van der Waals surface area (Å²) in [5.74, 6) is 0.132. The summed E-state index contributed by atoms with van der Waals surface area (Å²) in [6.45, 7) is 0. The third-order valence-corrected chi connectivity index (χ3v) is 4.81. The van der Waals surface area contributed by atoms with Crippen LogP contribution in [0.3, 0.4) is 0 Å². The van der Waals surface area contributed by atoms with Crippen molar-refractivity contribution >= 4 is 29.1 Å². The number of hydrogen-bond acceptors (Lipinski definition) is 2. The van der Waals surface area contributed by atoms with Gasteiger partial charge in [-0.2, -0.15) is 0 Å². The lowest BCUT2D eigenvalue weighted by atomic mass is 9.85. The molecule has 1 heterocycles. The number of rotatable bonds is 1. The summed E-state index contributed by atoms with van der Waals surface area (Å²) >= 11 is 5.84. The van der Waals surface area contributed by atoms with Gasteiger partial charge >= 0.3 is 0 Å². The largest absolute Gasteiger partial charge is 0.274 e. The second-order valence-corrected chi connectivity index (χ2v) is 5.92. The summed E-state index contributed by atoms with van der Waals surface area (Å²) in [6, 6.07) is 6.87. The number of carbonyl (C=O) groups excluding carboxylic acids is 2. The molecule has 0 radical (unpaired) electrons. The number of hydrogen-bond donors (Lipinski definition) is 0. The highest BCUT2D eigenvalue weighted by Gasteiger charge is 2.59. The van der Waals surface area contributed by atoms with Crippen molar-refractivity contribution in [1.29, 1.82) is 0 Å². The Morgan fingerprint density at radius 3 is 2.00 bits per heavy atom.